The highest BCUT2D eigenvalue weighted by Gasteiger charge is 2.30. The van der Waals surface area contributed by atoms with Gasteiger partial charge in [-0.1, -0.05) is 24.3 Å². The number of nitrogens with one attached hydrogen (secondary N) is 1. The van der Waals surface area contributed by atoms with E-state index in [1.165, 1.54) is 12.1 Å². The Hall–Kier alpha value is -1.29. The molecule has 1 rings (SSSR count). The Morgan fingerprint density at radius 2 is 2.11 bits per heavy atom. The number of allylic oxidation sites excluding steroid dienone is 1. The zero-order valence-electron chi connectivity index (χ0n) is 11.1. The van der Waals surface area contributed by atoms with Crippen molar-refractivity contribution >= 4 is 0 Å². The summed E-state index contributed by atoms with van der Waals surface area (Å²) in [6, 6.07) is 5.75. The van der Waals surface area contributed by atoms with Crippen molar-refractivity contribution in [2.24, 2.45) is 0 Å². The fourth-order valence-electron chi connectivity index (χ4n) is 2.02. The maximum absolute atomic E-state index is 12.6. The van der Waals surface area contributed by atoms with E-state index < -0.39 is 11.7 Å². The van der Waals surface area contributed by atoms with Crippen molar-refractivity contribution in [3.8, 4) is 0 Å². The first-order valence-electron chi connectivity index (χ1n) is 6.41. The molecule has 0 radical (unpaired) electrons. The van der Waals surface area contributed by atoms with E-state index in [0.29, 0.717) is 12.0 Å². The molecule has 0 saturated heterocycles. The predicted octanol–water partition coefficient (Wildman–Crippen LogP) is 4.19. The number of halogens is 3. The molecule has 0 spiro atoms. The van der Waals surface area contributed by atoms with Crippen LogP contribution in [0, 0.1) is 0 Å². The van der Waals surface area contributed by atoms with Gasteiger partial charge in [-0.2, -0.15) is 13.2 Å². The zero-order valence-corrected chi connectivity index (χ0v) is 11.1. The van der Waals surface area contributed by atoms with E-state index in [1.54, 1.807) is 6.07 Å². The maximum atomic E-state index is 12.6. The lowest BCUT2D eigenvalue weighted by Gasteiger charge is -2.16. The second kappa shape index (κ2) is 7.34. The highest BCUT2D eigenvalue weighted by atomic mass is 19.4. The third-order valence-corrected chi connectivity index (χ3v) is 3.11. The molecule has 0 aliphatic carbocycles. The van der Waals surface area contributed by atoms with Crippen molar-refractivity contribution in [1.82, 2.24) is 5.32 Å². The third kappa shape index (κ3) is 5.47. The van der Waals surface area contributed by atoms with Gasteiger partial charge in [-0.25, -0.2) is 0 Å². The van der Waals surface area contributed by atoms with Crippen LogP contribution in [0.5, 0.6) is 0 Å². The van der Waals surface area contributed by atoms with E-state index in [2.05, 4.69) is 11.9 Å². The molecule has 1 aromatic rings. The topological polar surface area (TPSA) is 12.0 Å². The molecule has 0 bridgehead atoms. The van der Waals surface area contributed by atoms with Crippen LogP contribution in [0.3, 0.4) is 0 Å². The summed E-state index contributed by atoms with van der Waals surface area (Å²) in [7, 11) is 1.84. The first-order valence-corrected chi connectivity index (χ1v) is 6.41. The van der Waals surface area contributed by atoms with Gasteiger partial charge in [-0.3, -0.25) is 0 Å². The van der Waals surface area contributed by atoms with Crippen LogP contribution in [0.2, 0.25) is 0 Å². The number of rotatable bonds is 7. The van der Waals surface area contributed by atoms with Gasteiger partial charge in [0.2, 0.25) is 0 Å². The van der Waals surface area contributed by atoms with Gasteiger partial charge < -0.3 is 5.32 Å². The van der Waals surface area contributed by atoms with Gasteiger partial charge in [0.15, 0.2) is 0 Å². The van der Waals surface area contributed by atoms with Crippen LogP contribution in [-0.2, 0) is 12.6 Å². The van der Waals surface area contributed by atoms with E-state index in [0.717, 1.165) is 25.3 Å². The molecule has 0 aliphatic rings. The molecule has 1 nitrogen and oxygen atoms in total. The van der Waals surface area contributed by atoms with Crippen molar-refractivity contribution in [3.05, 3.63) is 48.0 Å². The Kier molecular flexibility index (Phi) is 6.09. The Labute approximate surface area is 112 Å². The molecule has 0 fully saturated rings. The normalized spacial score (nSPS) is 13.3. The highest BCUT2D eigenvalue weighted by Crippen LogP contribution is 2.29. The third-order valence-electron chi connectivity index (χ3n) is 3.11. The molecule has 0 aromatic heterocycles. The monoisotopic (exact) mass is 271 g/mol. The fourth-order valence-corrected chi connectivity index (χ4v) is 2.02. The second-order valence-electron chi connectivity index (χ2n) is 4.61. The first-order chi connectivity index (χ1) is 8.97. The van der Waals surface area contributed by atoms with Gasteiger partial charge in [0.25, 0.3) is 0 Å². The number of benzene rings is 1. The molecule has 106 valence electrons. The van der Waals surface area contributed by atoms with Gasteiger partial charge in [-0.15, -0.1) is 6.58 Å². The Morgan fingerprint density at radius 1 is 1.37 bits per heavy atom. The van der Waals surface area contributed by atoms with Crippen molar-refractivity contribution < 1.29 is 13.2 Å². The quantitative estimate of drug-likeness (QED) is 0.579. The molecular weight excluding hydrogens is 251 g/mol. The number of hydrogen-bond donors (Lipinski definition) is 1. The molecule has 1 aromatic carbocycles. The van der Waals surface area contributed by atoms with Gasteiger partial charge in [0.05, 0.1) is 5.56 Å². The lowest BCUT2D eigenvalue weighted by molar-refractivity contribution is -0.137. The van der Waals surface area contributed by atoms with Crippen LogP contribution in [0.1, 0.15) is 30.4 Å². The molecule has 0 heterocycles. The van der Waals surface area contributed by atoms with Crippen molar-refractivity contribution in [2.45, 2.75) is 37.9 Å². The Balaban J connectivity index is 2.66. The van der Waals surface area contributed by atoms with Crippen LogP contribution in [0.25, 0.3) is 0 Å². The zero-order chi connectivity index (χ0) is 14.3. The number of alkyl halides is 3. The lowest BCUT2D eigenvalue weighted by Crippen LogP contribution is -2.27. The number of unbranched alkanes of at least 4 members (excludes halogenated alkanes) is 1. The van der Waals surface area contributed by atoms with Gasteiger partial charge in [0, 0.05) is 6.04 Å². The maximum Gasteiger partial charge on any atom is 0.416 e. The molecule has 19 heavy (non-hydrogen) atoms. The summed E-state index contributed by atoms with van der Waals surface area (Å²) < 4.78 is 37.8. The van der Waals surface area contributed by atoms with Crippen LogP contribution < -0.4 is 5.32 Å². The van der Waals surface area contributed by atoms with E-state index in [1.807, 2.05) is 13.1 Å². The Morgan fingerprint density at radius 3 is 2.68 bits per heavy atom. The first kappa shape index (κ1) is 15.8. The molecule has 1 N–H and O–H groups in total. The predicted molar refractivity (Wildman–Crippen MR) is 72.0 cm³/mol. The molecule has 1 atom stereocenters. The lowest BCUT2D eigenvalue weighted by atomic mass is 9.99. The van der Waals surface area contributed by atoms with Crippen molar-refractivity contribution in [2.75, 3.05) is 7.05 Å². The summed E-state index contributed by atoms with van der Waals surface area (Å²) in [6.07, 6.45) is 1.05. The molecule has 4 heteroatoms. The van der Waals surface area contributed by atoms with E-state index >= 15 is 0 Å². The average Bonchev–Trinajstić information content (AvgIpc) is 2.37. The van der Waals surface area contributed by atoms with Gasteiger partial charge in [-0.05, 0) is 44.4 Å². The SMILES string of the molecule is C=CCCCC(Cc1cccc(C(F)(F)F)c1)NC. The summed E-state index contributed by atoms with van der Waals surface area (Å²) >= 11 is 0. The largest absolute Gasteiger partial charge is 0.416 e. The summed E-state index contributed by atoms with van der Waals surface area (Å²) in [5, 5.41) is 3.15. The average molecular weight is 271 g/mol. The Bertz CT molecular complexity index is 399. The minimum Gasteiger partial charge on any atom is -0.317 e. The van der Waals surface area contributed by atoms with E-state index in [4.69, 9.17) is 0 Å². The molecule has 1 unspecified atom stereocenters. The van der Waals surface area contributed by atoms with E-state index in [-0.39, 0.29) is 6.04 Å². The minimum atomic E-state index is -4.27. The summed E-state index contributed by atoms with van der Waals surface area (Å²) in [4.78, 5) is 0. The molecular formula is C15H20F3N. The smallest absolute Gasteiger partial charge is 0.317 e. The van der Waals surface area contributed by atoms with Crippen LogP contribution in [-0.4, -0.2) is 13.1 Å². The number of likely N-dealkylation sites (N-methyl/N-ethyl adjacent to an activating group) is 1. The fraction of sp³-hybridized carbons (Fsp3) is 0.467. The van der Waals surface area contributed by atoms with Gasteiger partial charge in [0.1, 0.15) is 0 Å². The summed E-state index contributed by atoms with van der Waals surface area (Å²) in [6.45, 7) is 3.66. The summed E-state index contributed by atoms with van der Waals surface area (Å²) in [5.74, 6) is 0. The summed E-state index contributed by atoms with van der Waals surface area (Å²) in [5.41, 5.74) is 0.138. The van der Waals surface area contributed by atoms with Gasteiger partial charge >= 0.3 is 6.18 Å². The van der Waals surface area contributed by atoms with Crippen molar-refractivity contribution in [3.63, 3.8) is 0 Å². The molecule has 0 saturated carbocycles. The molecule has 0 aliphatic heterocycles. The second-order valence-corrected chi connectivity index (χ2v) is 4.61. The highest BCUT2D eigenvalue weighted by molar-refractivity contribution is 5.26. The van der Waals surface area contributed by atoms with Crippen LogP contribution >= 0.6 is 0 Å². The van der Waals surface area contributed by atoms with Crippen LogP contribution in [0.4, 0.5) is 13.2 Å². The minimum absolute atomic E-state index is 0.198. The number of hydrogen-bond acceptors (Lipinski definition) is 1. The molecule has 0 amide bonds. The van der Waals surface area contributed by atoms with Crippen molar-refractivity contribution in [1.29, 1.82) is 0 Å². The van der Waals surface area contributed by atoms with Crippen LogP contribution in [0.15, 0.2) is 36.9 Å². The van der Waals surface area contributed by atoms with E-state index in [9.17, 15) is 13.2 Å². The standard InChI is InChI=1S/C15H20F3N/c1-3-4-5-9-14(19-2)11-12-7-6-8-13(10-12)15(16,17)18/h3,6-8,10,14,19H,1,4-5,9,11H2,2H3.